The van der Waals surface area contributed by atoms with E-state index >= 15 is 0 Å². The predicted octanol–water partition coefficient (Wildman–Crippen LogP) is 4.21. The highest BCUT2D eigenvalue weighted by Gasteiger charge is 2.14. The lowest BCUT2D eigenvalue weighted by molar-refractivity contribution is 0.726. The van der Waals surface area contributed by atoms with Gasteiger partial charge in [0.2, 0.25) is 0 Å². The van der Waals surface area contributed by atoms with Crippen molar-refractivity contribution in [3.05, 3.63) is 78.2 Å². The Morgan fingerprint density at radius 2 is 1.58 bits per heavy atom. The third-order valence-electron chi connectivity index (χ3n) is 4.20. The summed E-state index contributed by atoms with van der Waals surface area (Å²) in [5, 5.41) is 8.81. The second kappa shape index (κ2) is 6.93. The zero-order valence-electron chi connectivity index (χ0n) is 13.7. The Labute approximate surface area is 142 Å². The van der Waals surface area contributed by atoms with Gasteiger partial charge in [0.25, 0.3) is 0 Å². The van der Waals surface area contributed by atoms with Crippen molar-refractivity contribution >= 4 is 5.82 Å². The first-order valence-electron chi connectivity index (χ1n) is 7.79. The minimum atomic E-state index is 0.150. The van der Waals surface area contributed by atoms with Gasteiger partial charge < -0.3 is 4.90 Å². The molecule has 1 unspecified atom stereocenters. The van der Waals surface area contributed by atoms with Crippen LogP contribution in [0.5, 0.6) is 0 Å². The van der Waals surface area contributed by atoms with Crippen LogP contribution in [0.15, 0.2) is 67.0 Å². The van der Waals surface area contributed by atoms with Gasteiger partial charge in [-0.05, 0) is 23.6 Å². The molecular weight excluding hydrogens is 296 g/mol. The number of hydrogen-bond donors (Lipinski definition) is 0. The number of aromatic nitrogens is 2. The van der Waals surface area contributed by atoms with Crippen molar-refractivity contribution in [1.29, 1.82) is 5.26 Å². The normalized spacial score (nSPS) is 11.5. The molecule has 3 aromatic rings. The number of benzene rings is 2. The summed E-state index contributed by atoms with van der Waals surface area (Å²) in [6.45, 7) is 2.12. The van der Waals surface area contributed by atoms with E-state index in [0.29, 0.717) is 5.69 Å². The maximum Gasteiger partial charge on any atom is 0.158 e. The number of rotatable bonds is 4. The molecule has 0 fully saturated rings. The molecule has 1 atom stereocenters. The molecule has 4 nitrogen and oxygen atoms in total. The minimum absolute atomic E-state index is 0.150. The molecule has 0 amide bonds. The van der Waals surface area contributed by atoms with E-state index in [9.17, 15) is 0 Å². The first-order chi connectivity index (χ1) is 11.7. The monoisotopic (exact) mass is 314 g/mol. The van der Waals surface area contributed by atoms with Crippen LogP contribution in [-0.2, 0) is 0 Å². The van der Waals surface area contributed by atoms with Crippen LogP contribution in [0.25, 0.3) is 11.1 Å². The molecular formula is C20H18N4. The average Bonchev–Trinajstić information content (AvgIpc) is 2.68. The summed E-state index contributed by atoms with van der Waals surface area (Å²) >= 11 is 0. The van der Waals surface area contributed by atoms with E-state index in [2.05, 4.69) is 53.3 Å². The third kappa shape index (κ3) is 3.26. The fourth-order valence-corrected chi connectivity index (χ4v) is 2.57. The standard InChI is InChI=1S/C20H18N4/c1-15(24(2)20-14-22-19(12-21)13-23-20)16-8-10-18(11-9-16)17-6-4-3-5-7-17/h3-11,13-15H,1-2H3. The number of hydrogen-bond acceptors (Lipinski definition) is 4. The first kappa shape index (κ1) is 15.7. The molecule has 1 heterocycles. The van der Waals surface area contributed by atoms with Crippen molar-refractivity contribution in [3.63, 3.8) is 0 Å². The Kier molecular flexibility index (Phi) is 4.53. The van der Waals surface area contributed by atoms with Gasteiger partial charge in [-0.25, -0.2) is 9.97 Å². The highest BCUT2D eigenvalue weighted by Crippen LogP contribution is 2.26. The van der Waals surface area contributed by atoms with Crippen molar-refractivity contribution in [2.75, 3.05) is 11.9 Å². The van der Waals surface area contributed by atoms with Gasteiger partial charge in [0.05, 0.1) is 18.4 Å². The molecule has 0 spiro atoms. The summed E-state index contributed by atoms with van der Waals surface area (Å²) in [5.41, 5.74) is 3.94. The fourth-order valence-electron chi connectivity index (χ4n) is 2.57. The van der Waals surface area contributed by atoms with E-state index in [-0.39, 0.29) is 6.04 Å². The zero-order valence-corrected chi connectivity index (χ0v) is 13.7. The minimum Gasteiger partial charge on any atom is -0.352 e. The molecule has 0 N–H and O–H groups in total. The summed E-state index contributed by atoms with van der Waals surface area (Å²) in [7, 11) is 1.98. The van der Waals surface area contributed by atoms with Gasteiger partial charge in [0.15, 0.2) is 5.69 Å². The lowest BCUT2D eigenvalue weighted by atomic mass is 10.0. The molecule has 0 aliphatic carbocycles. The molecule has 118 valence electrons. The second-order valence-corrected chi connectivity index (χ2v) is 5.65. The van der Waals surface area contributed by atoms with Crippen LogP contribution in [0.4, 0.5) is 5.82 Å². The van der Waals surface area contributed by atoms with E-state index in [1.165, 1.54) is 22.9 Å². The van der Waals surface area contributed by atoms with Gasteiger partial charge in [0.1, 0.15) is 11.9 Å². The van der Waals surface area contributed by atoms with Gasteiger partial charge >= 0.3 is 0 Å². The Morgan fingerprint density at radius 3 is 2.17 bits per heavy atom. The van der Waals surface area contributed by atoms with Crippen molar-refractivity contribution in [2.45, 2.75) is 13.0 Å². The molecule has 0 saturated heterocycles. The fraction of sp³-hybridized carbons (Fsp3) is 0.150. The molecule has 0 aliphatic rings. The molecule has 3 rings (SSSR count). The quantitative estimate of drug-likeness (QED) is 0.724. The molecule has 0 bridgehead atoms. The first-order valence-corrected chi connectivity index (χ1v) is 7.79. The van der Waals surface area contributed by atoms with Gasteiger partial charge in [-0.15, -0.1) is 0 Å². The van der Waals surface area contributed by atoms with Crippen LogP contribution in [0.1, 0.15) is 24.2 Å². The van der Waals surface area contributed by atoms with Crippen molar-refractivity contribution < 1.29 is 0 Å². The van der Waals surface area contributed by atoms with Gasteiger partial charge in [-0.1, -0.05) is 54.6 Å². The van der Waals surface area contributed by atoms with E-state index in [0.717, 1.165) is 5.82 Å². The van der Waals surface area contributed by atoms with Crippen LogP contribution < -0.4 is 4.90 Å². The average molecular weight is 314 g/mol. The highest BCUT2D eigenvalue weighted by molar-refractivity contribution is 5.63. The Balaban J connectivity index is 1.79. The topological polar surface area (TPSA) is 52.8 Å². The second-order valence-electron chi connectivity index (χ2n) is 5.65. The van der Waals surface area contributed by atoms with Gasteiger partial charge in [0, 0.05) is 7.05 Å². The highest BCUT2D eigenvalue weighted by atomic mass is 15.2. The Bertz CT molecular complexity index is 834. The maximum atomic E-state index is 8.81. The van der Waals surface area contributed by atoms with Crippen molar-refractivity contribution in [2.24, 2.45) is 0 Å². The molecule has 2 aromatic carbocycles. The number of anilines is 1. The van der Waals surface area contributed by atoms with Crippen LogP contribution in [0, 0.1) is 11.3 Å². The molecule has 0 aliphatic heterocycles. The summed E-state index contributed by atoms with van der Waals surface area (Å²) in [5.74, 6) is 0.744. The van der Waals surface area contributed by atoms with Crippen LogP contribution in [0.2, 0.25) is 0 Å². The third-order valence-corrected chi connectivity index (χ3v) is 4.20. The zero-order chi connectivity index (χ0) is 16.9. The smallest absolute Gasteiger partial charge is 0.158 e. The van der Waals surface area contributed by atoms with Crippen LogP contribution in [0.3, 0.4) is 0 Å². The van der Waals surface area contributed by atoms with Crippen LogP contribution in [-0.4, -0.2) is 17.0 Å². The Morgan fingerprint density at radius 1 is 0.917 bits per heavy atom. The van der Waals surface area contributed by atoms with E-state index < -0.39 is 0 Å². The molecule has 1 aromatic heterocycles. The van der Waals surface area contributed by atoms with Gasteiger partial charge in [-0.3, -0.25) is 0 Å². The SMILES string of the molecule is CC(c1ccc(-c2ccccc2)cc1)N(C)c1cnc(C#N)cn1. The molecule has 4 heteroatoms. The maximum absolute atomic E-state index is 8.81. The summed E-state index contributed by atoms with van der Waals surface area (Å²) < 4.78 is 0. The molecule has 24 heavy (non-hydrogen) atoms. The number of nitrogens with zero attached hydrogens (tertiary/aromatic N) is 4. The molecule has 0 radical (unpaired) electrons. The van der Waals surface area contributed by atoms with Gasteiger partial charge in [-0.2, -0.15) is 5.26 Å². The molecule has 0 saturated carbocycles. The van der Waals surface area contributed by atoms with Crippen LogP contribution >= 0.6 is 0 Å². The summed E-state index contributed by atoms with van der Waals surface area (Å²) in [4.78, 5) is 10.4. The van der Waals surface area contributed by atoms with E-state index in [4.69, 9.17) is 5.26 Å². The summed E-state index contributed by atoms with van der Waals surface area (Å²) in [6.07, 6.45) is 3.13. The van der Waals surface area contributed by atoms with E-state index in [1.54, 1.807) is 6.20 Å². The number of nitriles is 1. The van der Waals surface area contributed by atoms with E-state index in [1.807, 2.05) is 36.2 Å². The lowest BCUT2D eigenvalue weighted by Gasteiger charge is -2.26. The lowest BCUT2D eigenvalue weighted by Crippen LogP contribution is -2.22. The Hall–Kier alpha value is -3.19. The van der Waals surface area contributed by atoms with Crippen molar-refractivity contribution in [3.8, 4) is 17.2 Å². The summed E-state index contributed by atoms with van der Waals surface area (Å²) in [6, 6.07) is 21.0. The van der Waals surface area contributed by atoms with Crippen molar-refractivity contribution in [1.82, 2.24) is 9.97 Å². The largest absolute Gasteiger partial charge is 0.352 e. The predicted molar refractivity (Wildman–Crippen MR) is 95.4 cm³/mol.